The fourth-order valence-electron chi connectivity index (χ4n) is 2.06. The minimum atomic E-state index is -0.205. The molecule has 1 amide bonds. The molecule has 0 bridgehead atoms. The third-order valence-corrected chi connectivity index (χ3v) is 4.14. The monoisotopic (exact) mass is 414 g/mol. The fourth-order valence-corrected chi connectivity index (χ4v) is 2.49. The fraction of sp³-hybridized carbons (Fsp3) is 0.471. The van der Waals surface area contributed by atoms with Gasteiger partial charge in [0.05, 0.1) is 20.4 Å². The third-order valence-electron chi connectivity index (χ3n) is 3.45. The van der Waals surface area contributed by atoms with Crippen molar-refractivity contribution >= 4 is 34.0 Å². The van der Waals surface area contributed by atoms with E-state index in [4.69, 9.17) is 4.74 Å². The minimum Gasteiger partial charge on any atom is -0.504 e. The number of halogens is 1. The topological polar surface area (TPSA) is 97.2 Å². The van der Waals surface area contributed by atoms with Crippen LogP contribution in [-0.4, -0.2) is 37.4 Å². The number of phenols is 1. The molecule has 0 spiro atoms. The molecule has 0 saturated carbocycles. The number of hydrazone groups is 1. The number of unbranched alkanes of at least 4 members (excludes halogenated alkanes) is 3. The first-order valence-electron chi connectivity index (χ1n) is 7.93. The number of phenolic OH excluding ortho intramolecular Hbond substituents is 1. The lowest BCUT2D eigenvalue weighted by molar-refractivity contribution is -0.140. The van der Waals surface area contributed by atoms with E-state index in [1.165, 1.54) is 26.5 Å². The molecule has 8 heteroatoms. The Morgan fingerprint density at radius 2 is 1.88 bits per heavy atom. The number of hydrogen-bond acceptors (Lipinski definition) is 6. The van der Waals surface area contributed by atoms with Crippen LogP contribution in [-0.2, 0) is 14.3 Å². The lowest BCUT2D eigenvalue weighted by Gasteiger charge is -2.06. The van der Waals surface area contributed by atoms with E-state index in [2.05, 4.69) is 31.2 Å². The summed E-state index contributed by atoms with van der Waals surface area (Å²) < 4.78 is 10.2. The summed E-state index contributed by atoms with van der Waals surface area (Å²) in [7, 11) is 2.83. The van der Waals surface area contributed by atoms with Crippen LogP contribution in [0.4, 0.5) is 0 Å². The molecule has 0 radical (unpaired) electrons. The van der Waals surface area contributed by atoms with Gasteiger partial charge in [0.25, 0.3) is 0 Å². The molecule has 0 atom stereocenters. The summed E-state index contributed by atoms with van der Waals surface area (Å²) in [5, 5.41) is 13.5. The predicted molar refractivity (Wildman–Crippen MR) is 97.8 cm³/mol. The van der Waals surface area contributed by atoms with Crippen molar-refractivity contribution in [3.8, 4) is 11.5 Å². The molecule has 0 aromatic heterocycles. The van der Waals surface area contributed by atoms with Gasteiger partial charge in [-0.05, 0) is 40.9 Å². The highest BCUT2D eigenvalue weighted by molar-refractivity contribution is 9.10. The van der Waals surface area contributed by atoms with Gasteiger partial charge in [-0.3, -0.25) is 9.59 Å². The number of amides is 1. The second-order valence-electron chi connectivity index (χ2n) is 5.33. The van der Waals surface area contributed by atoms with Gasteiger partial charge in [0.15, 0.2) is 11.5 Å². The average Bonchev–Trinajstić information content (AvgIpc) is 2.59. The van der Waals surface area contributed by atoms with Crippen LogP contribution in [0, 0.1) is 0 Å². The quantitative estimate of drug-likeness (QED) is 0.265. The lowest BCUT2D eigenvalue weighted by Crippen LogP contribution is -2.16. The number of esters is 1. The Morgan fingerprint density at radius 3 is 2.52 bits per heavy atom. The maximum Gasteiger partial charge on any atom is 0.305 e. The minimum absolute atomic E-state index is 0.0164. The molecule has 0 heterocycles. The van der Waals surface area contributed by atoms with E-state index in [-0.39, 0.29) is 17.6 Å². The molecule has 1 aromatic carbocycles. The number of aromatic hydroxyl groups is 1. The van der Waals surface area contributed by atoms with Crippen LogP contribution in [0.15, 0.2) is 21.7 Å². The number of ether oxygens (including phenoxy) is 2. The van der Waals surface area contributed by atoms with Gasteiger partial charge in [-0.25, -0.2) is 5.43 Å². The van der Waals surface area contributed by atoms with Crippen molar-refractivity contribution in [2.24, 2.45) is 5.10 Å². The molecule has 7 nitrogen and oxygen atoms in total. The van der Waals surface area contributed by atoms with Crippen molar-refractivity contribution in [2.75, 3.05) is 14.2 Å². The SMILES string of the molecule is COC(=O)CCCCCCC(=O)N/N=C/c1cc(OC)c(O)cc1Br. The number of carbonyl (C=O) groups is 2. The van der Waals surface area contributed by atoms with E-state index in [9.17, 15) is 14.7 Å². The Hall–Kier alpha value is -2.09. The van der Waals surface area contributed by atoms with E-state index < -0.39 is 0 Å². The first-order chi connectivity index (χ1) is 12.0. The van der Waals surface area contributed by atoms with Gasteiger partial charge in [-0.15, -0.1) is 0 Å². The first kappa shape index (κ1) is 21.0. The van der Waals surface area contributed by atoms with Gasteiger partial charge < -0.3 is 14.6 Å². The van der Waals surface area contributed by atoms with Crippen molar-refractivity contribution < 1.29 is 24.2 Å². The van der Waals surface area contributed by atoms with Crippen LogP contribution < -0.4 is 10.2 Å². The number of benzene rings is 1. The molecule has 0 aliphatic carbocycles. The molecule has 1 aromatic rings. The van der Waals surface area contributed by atoms with Gasteiger partial charge in [-0.1, -0.05) is 12.8 Å². The molecule has 138 valence electrons. The molecule has 0 aliphatic rings. The van der Waals surface area contributed by atoms with Crippen LogP contribution in [0.25, 0.3) is 0 Å². The zero-order chi connectivity index (χ0) is 18.7. The summed E-state index contributed by atoms with van der Waals surface area (Å²) >= 11 is 3.31. The maximum absolute atomic E-state index is 11.7. The van der Waals surface area contributed by atoms with E-state index in [0.29, 0.717) is 28.6 Å². The summed E-state index contributed by atoms with van der Waals surface area (Å²) in [5.74, 6) is -0.0409. The molecule has 1 rings (SSSR count). The maximum atomic E-state index is 11.7. The van der Waals surface area contributed by atoms with Crippen LogP contribution in [0.2, 0.25) is 0 Å². The van der Waals surface area contributed by atoms with Crippen LogP contribution in [0.5, 0.6) is 11.5 Å². The zero-order valence-electron chi connectivity index (χ0n) is 14.4. The highest BCUT2D eigenvalue weighted by Gasteiger charge is 2.07. The molecule has 25 heavy (non-hydrogen) atoms. The summed E-state index contributed by atoms with van der Waals surface area (Å²) in [6.45, 7) is 0. The van der Waals surface area contributed by atoms with Crippen LogP contribution >= 0.6 is 15.9 Å². The largest absolute Gasteiger partial charge is 0.504 e. The zero-order valence-corrected chi connectivity index (χ0v) is 16.0. The Labute approximate surface area is 155 Å². The third kappa shape index (κ3) is 8.02. The van der Waals surface area contributed by atoms with Crippen molar-refractivity contribution in [2.45, 2.75) is 38.5 Å². The molecular weight excluding hydrogens is 392 g/mol. The molecule has 0 aliphatic heterocycles. The van der Waals surface area contributed by atoms with Gasteiger partial charge in [0, 0.05) is 22.9 Å². The Kier molecular flexibility index (Phi) is 9.61. The predicted octanol–water partition coefficient (Wildman–Crippen LogP) is 3.13. The van der Waals surface area contributed by atoms with Crippen molar-refractivity contribution in [1.82, 2.24) is 5.43 Å². The van der Waals surface area contributed by atoms with Crippen molar-refractivity contribution in [3.63, 3.8) is 0 Å². The normalized spacial score (nSPS) is 10.7. The number of nitrogens with zero attached hydrogens (tertiary/aromatic N) is 1. The summed E-state index contributed by atoms with van der Waals surface area (Å²) in [4.78, 5) is 22.7. The highest BCUT2D eigenvalue weighted by atomic mass is 79.9. The summed E-state index contributed by atoms with van der Waals surface area (Å²) in [6.07, 6.45) is 5.51. The number of rotatable bonds is 10. The number of nitrogens with one attached hydrogen (secondary N) is 1. The van der Waals surface area contributed by atoms with Crippen molar-refractivity contribution in [3.05, 3.63) is 22.2 Å². The van der Waals surface area contributed by atoms with Gasteiger partial charge in [0.2, 0.25) is 5.91 Å². The highest BCUT2D eigenvalue weighted by Crippen LogP contribution is 2.31. The molecule has 2 N–H and O–H groups in total. The van der Waals surface area contributed by atoms with Gasteiger partial charge >= 0.3 is 5.97 Å². The second-order valence-corrected chi connectivity index (χ2v) is 6.18. The van der Waals surface area contributed by atoms with Gasteiger partial charge in [0.1, 0.15) is 0 Å². The Morgan fingerprint density at radius 1 is 1.20 bits per heavy atom. The molecular formula is C17H23BrN2O5. The van der Waals surface area contributed by atoms with E-state index in [1.807, 2.05) is 0 Å². The van der Waals surface area contributed by atoms with Gasteiger partial charge in [-0.2, -0.15) is 5.10 Å². The summed E-state index contributed by atoms with van der Waals surface area (Å²) in [5.41, 5.74) is 3.13. The van der Waals surface area contributed by atoms with Crippen LogP contribution in [0.3, 0.4) is 0 Å². The second kappa shape index (κ2) is 11.5. The van der Waals surface area contributed by atoms with E-state index >= 15 is 0 Å². The Bertz CT molecular complexity index is 619. The number of hydrogen-bond donors (Lipinski definition) is 2. The smallest absolute Gasteiger partial charge is 0.305 e. The molecule has 0 fully saturated rings. The average molecular weight is 415 g/mol. The molecule has 0 unspecified atom stereocenters. The first-order valence-corrected chi connectivity index (χ1v) is 8.72. The number of methoxy groups -OCH3 is 2. The Balaban J connectivity index is 2.30. The summed E-state index contributed by atoms with van der Waals surface area (Å²) in [6, 6.07) is 3.10. The number of carbonyl (C=O) groups excluding carboxylic acids is 2. The van der Waals surface area contributed by atoms with Crippen molar-refractivity contribution in [1.29, 1.82) is 0 Å². The lowest BCUT2D eigenvalue weighted by atomic mass is 10.1. The van der Waals surface area contributed by atoms with Crippen LogP contribution in [0.1, 0.15) is 44.1 Å². The van der Waals surface area contributed by atoms with E-state index in [0.717, 1.165) is 25.7 Å². The molecule has 0 saturated heterocycles. The standard InChI is InChI=1S/C17H23BrN2O5/c1-24-15-9-12(13(18)10-14(15)21)11-19-20-16(22)7-5-3-4-6-8-17(23)25-2/h9-11,21H,3-8H2,1-2H3,(H,20,22)/b19-11+. The van der Waals surface area contributed by atoms with E-state index in [1.54, 1.807) is 6.07 Å².